The van der Waals surface area contributed by atoms with Gasteiger partial charge < -0.3 is 5.11 Å². The van der Waals surface area contributed by atoms with Crippen molar-refractivity contribution in [1.82, 2.24) is 9.88 Å². The van der Waals surface area contributed by atoms with Gasteiger partial charge >= 0.3 is 5.97 Å². The summed E-state index contributed by atoms with van der Waals surface area (Å²) in [6.45, 7) is 3.96. The molecule has 0 bridgehead atoms. The van der Waals surface area contributed by atoms with Gasteiger partial charge in [-0.3, -0.25) is 14.7 Å². The van der Waals surface area contributed by atoms with Crippen molar-refractivity contribution in [2.75, 3.05) is 13.1 Å². The maximum absolute atomic E-state index is 12.9. The average molecular weight is 328 g/mol. The first kappa shape index (κ1) is 16.6. The zero-order chi connectivity index (χ0) is 17.2. The first-order valence-electron chi connectivity index (χ1n) is 8.13. The molecule has 1 aliphatic rings. The lowest BCUT2D eigenvalue weighted by atomic mass is 9.72. The van der Waals surface area contributed by atoms with Crippen LogP contribution >= 0.6 is 0 Å². The molecule has 4 nitrogen and oxygen atoms in total. The van der Waals surface area contributed by atoms with Gasteiger partial charge in [-0.05, 0) is 50.6 Å². The highest BCUT2D eigenvalue weighted by atomic mass is 19.1. The van der Waals surface area contributed by atoms with E-state index in [0.29, 0.717) is 32.5 Å². The molecule has 0 unspecified atom stereocenters. The predicted octanol–water partition coefficient (Wildman–Crippen LogP) is 3.15. The molecule has 24 heavy (non-hydrogen) atoms. The summed E-state index contributed by atoms with van der Waals surface area (Å²) < 4.78 is 12.9. The van der Waals surface area contributed by atoms with E-state index in [2.05, 4.69) is 9.88 Å². The second kappa shape index (κ2) is 6.69. The molecular weight excluding hydrogens is 307 g/mol. The molecule has 1 fully saturated rings. The number of hydrogen-bond donors (Lipinski definition) is 1. The van der Waals surface area contributed by atoms with Crippen molar-refractivity contribution in [3.63, 3.8) is 0 Å². The molecule has 3 rings (SSSR count). The van der Waals surface area contributed by atoms with Gasteiger partial charge in [0.25, 0.3) is 0 Å². The molecule has 0 atom stereocenters. The molecule has 0 radical (unpaired) electrons. The Hall–Kier alpha value is -2.27. The Morgan fingerprint density at radius 1 is 1.29 bits per heavy atom. The Balaban J connectivity index is 1.73. The third kappa shape index (κ3) is 3.31. The Morgan fingerprint density at radius 2 is 2.04 bits per heavy atom. The molecule has 1 aliphatic heterocycles. The summed E-state index contributed by atoms with van der Waals surface area (Å²) in [5, 5.41) is 9.87. The second-order valence-corrected chi connectivity index (χ2v) is 6.50. The summed E-state index contributed by atoms with van der Waals surface area (Å²) in [4.78, 5) is 18.3. The van der Waals surface area contributed by atoms with Crippen molar-refractivity contribution in [3.8, 4) is 0 Å². The van der Waals surface area contributed by atoms with Crippen LogP contribution in [-0.2, 0) is 16.8 Å². The van der Waals surface area contributed by atoms with E-state index in [1.807, 2.05) is 31.2 Å². The number of piperidine rings is 1. The molecule has 2 aromatic rings. The SMILES string of the molecule is Cc1cccc(C2(C(=O)O)CCN(Cc3ccc(F)cn3)CC2)c1. The number of rotatable bonds is 4. The van der Waals surface area contributed by atoms with Crippen molar-refractivity contribution >= 4 is 5.97 Å². The highest BCUT2D eigenvalue weighted by Gasteiger charge is 2.43. The highest BCUT2D eigenvalue weighted by molar-refractivity contribution is 5.81. The molecule has 1 N–H and O–H groups in total. The fraction of sp³-hybridized carbons (Fsp3) is 0.368. The molecule has 1 aromatic carbocycles. The van der Waals surface area contributed by atoms with Crippen LogP contribution in [0.4, 0.5) is 4.39 Å². The highest BCUT2D eigenvalue weighted by Crippen LogP contribution is 2.36. The maximum Gasteiger partial charge on any atom is 0.314 e. The number of aliphatic carboxylic acids is 1. The quantitative estimate of drug-likeness (QED) is 0.937. The van der Waals surface area contributed by atoms with Gasteiger partial charge in [-0.15, -0.1) is 0 Å². The number of carbonyl (C=O) groups is 1. The number of likely N-dealkylation sites (tertiary alicyclic amines) is 1. The lowest BCUT2D eigenvalue weighted by Gasteiger charge is -2.39. The largest absolute Gasteiger partial charge is 0.481 e. The zero-order valence-corrected chi connectivity index (χ0v) is 13.7. The third-order valence-corrected chi connectivity index (χ3v) is 4.86. The normalized spacial score (nSPS) is 17.6. The van der Waals surface area contributed by atoms with Crippen LogP contribution < -0.4 is 0 Å². The molecular formula is C19H21FN2O2. The minimum absolute atomic E-state index is 0.346. The number of halogens is 1. The molecule has 5 heteroatoms. The molecule has 1 aromatic heterocycles. The Morgan fingerprint density at radius 3 is 2.62 bits per heavy atom. The number of carboxylic acid groups (broad SMARTS) is 1. The number of aryl methyl sites for hydroxylation is 1. The van der Waals surface area contributed by atoms with Gasteiger partial charge in [0.1, 0.15) is 5.82 Å². The van der Waals surface area contributed by atoms with E-state index in [4.69, 9.17) is 0 Å². The number of nitrogens with zero attached hydrogens (tertiary/aromatic N) is 2. The maximum atomic E-state index is 12.9. The Labute approximate surface area is 141 Å². The summed E-state index contributed by atoms with van der Waals surface area (Å²) in [7, 11) is 0. The summed E-state index contributed by atoms with van der Waals surface area (Å²) in [6, 6.07) is 10.9. The van der Waals surface area contributed by atoms with Gasteiger partial charge in [-0.1, -0.05) is 29.8 Å². The Bertz CT molecular complexity index is 722. The van der Waals surface area contributed by atoms with Gasteiger partial charge in [0.2, 0.25) is 0 Å². The first-order chi connectivity index (χ1) is 11.5. The second-order valence-electron chi connectivity index (χ2n) is 6.50. The van der Waals surface area contributed by atoms with Crippen molar-refractivity contribution in [2.45, 2.75) is 31.7 Å². The van der Waals surface area contributed by atoms with Crippen LogP contribution in [0.2, 0.25) is 0 Å². The van der Waals surface area contributed by atoms with Crippen LogP contribution in [0.15, 0.2) is 42.6 Å². The minimum Gasteiger partial charge on any atom is -0.481 e. The van der Waals surface area contributed by atoms with E-state index >= 15 is 0 Å². The fourth-order valence-electron chi connectivity index (χ4n) is 3.39. The van der Waals surface area contributed by atoms with Gasteiger partial charge in [-0.2, -0.15) is 0 Å². The number of benzene rings is 1. The fourth-order valence-corrected chi connectivity index (χ4v) is 3.39. The van der Waals surface area contributed by atoms with Gasteiger partial charge in [0.05, 0.1) is 17.3 Å². The molecule has 0 amide bonds. The number of hydrogen-bond acceptors (Lipinski definition) is 3. The molecule has 2 heterocycles. The van der Waals surface area contributed by atoms with Crippen LogP contribution in [-0.4, -0.2) is 34.0 Å². The summed E-state index contributed by atoms with van der Waals surface area (Å²) in [6.07, 6.45) is 2.34. The lowest BCUT2D eigenvalue weighted by Crippen LogP contribution is -2.47. The lowest BCUT2D eigenvalue weighted by molar-refractivity contribution is -0.146. The van der Waals surface area contributed by atoms with Crippen LogP contribution in [0, 0.1) is 12.7 Å². The summed E-state index contributed by atoms with van der Waals surface area (Å²) >= 11 is 0. The van der Waals surface area contributed by atoms with Crippen LogP contribution in [0.5, 0.6) is 0 Å². The first-order valence-corrected chi connectivity index (χ1v) is 8.13. The smallest absolute Gasteiger partial charge is 0.314 e. The van der Waals surface area contributed by atoms with Crippen molar-refractivity contribution in [2.24, 2.45) is 0 Å². The molecule has 126 valence electrons. The summed E-state index contributed by atoms with van der Waals surface area (Å²) in [5.41, 5.74) is 1.94. The monoisotopic (exact) mass is 328 g/mol. The molecule has 0 aliphatic carbocycles. The molecule has 1 saturated heterocycles. The average Bonchev–Trinajstić information content (AvgIpc) is 2.57. The summed E-state index contributed by atoms with van der Waals surface area (Å²) in [5.74, 6) is -1.10. The minimum atomic E-state index is -0.821. The van der Waals surface area contributed by atoms with Crippen LogP contribution in [0.25, 0.3) is 0 Å². The Kier molecular flexibility index (Phi) is 4.62. The van der Waals surface area contributed by atoms with E-state index in [0.717, 1.165) is 16.8 Å². The number of pyridine rings is 1. The van der Waals surface area contributed by atoms with Crippen LogP contribution in [0.1, 0.15) is 29.7 Å². The van der Waals surface area contributed by atoms with E-state index in [9.17, 15) is 14.3 Å². The van der Waals surface area contributed by atoms with Crippen molar-refractivity contribution in [1.29, 1.82) is 0 Å². The standard InChI is InChI=1S/C19H21FN2O2/c1-14-3-2-4-15(11-14)19(18(23)24)7-9-22(10-8-19)13-17-6-5-16(20)12-21-17/h2-6,11-12H,7-10,13H2,1H3,(H,23,24). The zero-order valence-electron chi connectivity index (χ0n) is 13.7. The number of aromatic nitrogens is 1. The van der Waals surface area contributed by atoms with Gasteiger partial charge in [0, 0.05) is 6.54 Å². The van der Waals surface area contributed by atoms with E-state index < -0.39 is 11.4 Å². The molecule has 0 saturated carbocycles. The van der Waals surface area contributed by atoms with Crippen molar-refractivity contribution in [3.05, 3.63) is 65.2 Å². The van der Waals surface area contributed by atoms with Crippen LogP contribution in [0.3, 0.4) is 0 Å². The van der Waals surface area contributed by atoms with Gasteiger partial charge in [-0.25, -0.2) is 4.39 Å². The van der Waals surface area contributed by atoms with E-state index in [1.54, 1.807) is 6.07 Å². The number of carboxylic acids is 1. The molecule has 0 spiro atoms. The van der Waals surface area contributed by atoms with E-state index in [1.165, 1.54) is 12.3 Å². The van der Waals surface area contributed by atoms with E-state index in [-0.39, 0.29) is 5.82 Å². The van der Waals surface area contributed by atoms with Crippen molar-refractivity contribution < 1.29 is 14.3 Å². The predicted molar refractivity (Wildman–Crippen MR) is 89.2 cm³/mol. The van der Waals surface area contributed by atoms with Gasteiger partial charge in [0.15, 0.2) is 0 Å². The topological polar surface area (TPSA) is 53.4 Å². The third-order valence-electron chi connectivity index (χ3n) is 4.86.